The highest BCUT2D eigenvalue weighted by molar-refractivity contribution is 6.30. The van der Waals surface area contributed by atoms with E-state index in [2.05, 4.69) is 10.1 Å². The molecule has 1 aliphatic heterocycles. The van der Waals surface area contributed by atoms with Crippen LogP contribution < -0.4 is 0 Å². The van der Waals surface area contributed by atoms with Gasteiger partial charge in [0.05, 0.1) is 24.5 Å². The number of carbonyl (C=O) groups is 1. The van der Waals surface area contributed by atoms with Crippen LogP contribution >= 0.6 is 11.6 Å². The molecule has 1 amide bonds. The van der Waals surface area contributed by atoms with Gasteiger partial charge in [-0.2, -0.15) is 0 Å². The number of hydrogen-bond donors (Lipinski definition) is 0. The topological polar surface area (TPSA) is 68.5 Å². The zero-order chi connectivity index (χ0) is 19.5. The summed E-state index contributed by atoms with van der Waals surface area (Å²) in [4.78, 5) is 19.0. The van der Waals surface area contributed by atoms with Crippen LogP contribution in [-0.2, 0) is 11.2 Å². The highest BCUT2D eigenvalue weighted by Gasteiger charge is 2.29. The van der Waals surface area contributed by atoms with Crippen LogP contribution in [0.3, 0.4) is 0 Å². The number of aromatic nitrogens is 2. The maximum Gasteiger partial charge on any atom is 0.292 e. The third-order valence-corrected chi connectivity index (χ3v) is 4.99. The van der Waals surface area contributed by atoms with Crippen molar-refractivity contribution in [3.05, 3.63) is 70.8 Å². The van der Waals surface area contributed by atoms with Crippen LogP contribution in [0.5, 0.6) is 0 Å². The molecule has 28 heavy (non-hydrogen) atoms. The summed E-state index contributed by atoms with van der Waals surface area (Å²) in [6, 6.07) is 13.3. The predicted molar refractivity (Wildman–Crippen MR) is 105 cm³/mol. The molecule has 1 atom stereocenters. The number of amides is 1. The van der Waals surface area contributed by atoms with Crippen LogP contribution in [0.15, 0.2) is 53.2 Å². The van der Waals surface area contributed by atoms with E-state index in [1.165, 1.54) is 0 Å². The fourth-order valence-electron chi connectivity index (χ4n) is 3.18. The molecular formula is C21H20ClN3O3. The second kappa shape index (κ2) is 8.12. The lowest BCUT2D eigenvalue weighted by Gasteiger charge is -2.32. The maximum absolute atomic E-state index is 12.7. The minimum Gasteiger partial charge on any atom is -0.368 e. The molecule has 1 fully saturated rings. The van der Waals surface area contributed by atoms with Crippen LogP contribution in [0.1, 0.15) is 35.0 Å². The summed E-state index contributed by atoms with van der Waals surface area (Å²) in [7, 11) is 0. The average molecular weight is 398 g/mol. The third kappa shape index (κ3) is 3.93. The summed E-state index contributed by atoms with van der Waals surface area (Å²) < 4.78 is 11.0. The van der Waals surface area contributed by atoms with Crippen molar-refractivity contribution in [3.8, 4) is 11.1 Å². The summed E-state index contributed by atoms with van der Waals surface area (Å²) in [5.74, 6) is 0.0952. The second-order valence-corrected chi connectivity index (χ2v) is 7.07. The molecule has 6 nitrogen and oxygen atoms in total. The van der Waals surface area contributed by atoms with Gasteiger partial charge in [0, 0.05) is 29.4 Å². The Bertz CT molecular complexity index is 971. The fraction of sp³-hybridized carbons (Fsp3) is 0.286. The van der Waals surface area contributed by atoms with Crippen molar-refractivity contribution >= 4 is 17.5 Å². The summed E-state index contributed by atoms with van der Waals surface area (Å²) in [5.41, 5.74) is 3.54. The zero-order valence-electron chi connectivity index (χ0n) is 15.5. The van der Waals surface area contributed by atoms with Crippen LogP contribution in [0.25, 0.3) is 11.1 Å². The Kier molecular flexibility index (Phi) is 5.41. The molecule has 2 aromatic heterocycles. The molecule has 3 heterocycles. The van der Waals surface area contributed by atoms with E-state index in [0.29, 0.717) is 24.7 Å². The van der Waals surface area contributed by atoms with Gasteiger partial charge in [-0.1, -0.05) is 41.9 Å². The minimum absolute atomic E-state index is 0.170. The minimum atomic E-state index is -0.278. The van der Waals surface area contributed by atoms with Crippen LogP contribution in [-0.4, -0.2) is 40.6 Å². The Hall–Kier alpha value is -2.70. The van der Waals surface area contributed by atoms with Crippen molar-refractivity contribution < 1.29 is 14.1 Å². The van der Waals surface area contributed by atoms with Crippen molar-refractivity contribution in [1.29, 1.82) is 0 Å². The number of carbonyl (C=O) groups excluding carboxylic acids is 1. The summed E-state index contributed by atoms with van der Waals surface area (Å²) in [6.07, 6.45) is 2.25. The van der Waals surface area contributed by atoms with E-state index in [9.17, 15) is 4.79 Å². The Morgan fingerprint density at radius 1 is 1.25 bits per heavy atom. The van der Waals surface area contributed by atoms with Gasteiger partial charge in [0.1, 0.15) is 6.10 Å². The number of pyridine rings is 1. The van der Waals surface area contributed by atoms with Gasteiger partial charge in [-0.3, -0.25) is 9.78 Å². The van der Waals surface area contributed by atoms with Crippen LogP contribution in [0, 0.1) is 0 Å². The summed E-state index contributed by atoms with van der Waals surface area (Å²) >= 11 is 6.06. The molecule has 4 rings (SSSR count). The molecule has 1 saturated heterocycles. The highest BCUT2D eigenvalue weighted by Crippen LogP contribution is 2.26. The molecular weight excluding hydrogens is 378 g/mol. The molecule has 0 spiro atoms. The molecule has 1 aliphatic rings. The van der Waals surface area contributed by atoms with Gasteiger partial charge in [-0.15, -0.1) is 0 Å². The third-order valence-electron chi connectivity index (χ3n) is 4.76. The first kappa shape index (κ1) is 18.7. The maximum atomic E-state index is 12.7. The van der Waals surface area contributed by atoms with E-state index in [1.54, 1.807) is 17.2 Å². The van der Waals surface area contributed by atoms with Crippen LogP contribution in [0.4, 0.5) is 0 Å². The largest absolute Gasteiger partial charge is 0.368 e. The zero-order valence-corrected chi connectivity index (χ0v) is 16.2. The van der Waals surface area contributed by atoms with E-state index in [1.807, 2.05) is 43.3 Å². The Labute approximate surface area is 168 Å². The first-order valence-electron chi connectivity index (χ1n) is 9.22. The molecule has 0 aliphatic carbocycles. The number of morpholine rings is 1. The van der Waals surface area contributed by atoms with E-state index in [0.717, 1.165) is 28.9 Å². The van der Waals surface area contributed by atoms with Gasteiger partial charge in [-0.05, 0) is 30.2 Å². The molecule has 0 bridgehead atoms. The molecule has 7 heteroatoms. The van der Waals surface area contributed by atoms with E-state index in [-0.39, 0.29) is 17.8 Å². The van der Waals surface area contributed by atoms with Gasteiger partial charge < -0.3 is 14.2 Å². The van der Waals surface area contributed by atoms with E-state index < -0.39 is 0 Å². The quantitative estimate of drug-likeness (QED) is 0.661. The van der Waals surface area contributed by atoms with E-state index >= 15 is 0 Å². The number of nitrogens with zero attached hydrogens (tertiary/aromatic N) is 3. The molecule has 144 valence electrons. The number of benzene rings is 1. The molecule has 0 unspecified atom stereocenters. The number of halogens is 1. The Morgan fingerprint density at radius 3 is 2.86 bits per heavy atom. The molecule has 0 radical (unpaired) electrons. The van der Waals surface area contributed by atoms with Crippen molar-refractivity contribution in [3.63, 3.8) is 0 Å². The lowest BCUT2D eigenvalue weighted by Crippen LogP contribution is -2.42. The van der Waals surface area contributed by atoms with Gasteiger partial charge >= 0.3 is 0 Å². The van der Waals surface area contributed by atoms with Crippen molar-refractivity contribution in [2.24, 2.45) is 0 Å². The summed E-state index contributed by atoms with van der Waals surface area (Å²) in [6.45, 7) is 3.35. The lowest BCUT2D eigenvalue weighted by atomic mass is 10.1. The number of hydrogen-bond acceptors (Lipinski definition) is 5. The van der Waals surface area contributed by atoms with Gasteiger partial charge in [-0.25, -0.2) is 0 Å². The molecule has 0 N–H and O–H groups in total. The smallest absolute Gasteiger partial charge is 0.292 e. The highest BCUT2D eigenvalue weighted by atomic mass is 35.5. The fourth-order valence-corrected chi connectivity index (χ4v) is 3.37. The van der Waals surface area contributed by atoms with Crippen molar-refractivity contribution in [2.75, 3.05) is 19.7 Å². The standard InChI is InChI=1S/C21H20ClN3O3/c1-2-17-11-19(28-24-17)21(26)25-8-9-27-20(13-25)18-7-6-15(12-23-18)14-4-3-5-16(22)10-14/h3-7,10-12,20H,2,8-9,13H2,1H3/t20-/m0/s1. The second-order valence-electron chi connectivity index (χ2n) is 6.63. The molecule has 1 aromatic carbocycles. The van der Waals surface area contributed by atoms with E-state index in [4.69, 9.17) is 20.9 Å². The Morgan fingerprint density at radius 2 is 2.14 bits per heavy atom. The summed E-state index contributed by atoms with van der Waals surface area (Å²) in [5, 5.41) is 4.58. The monoisotopic (exact) mass is 397 g/mol. The van der Waals surface area contributed by atoms with Crippen LogP contribution in [0.2, 0.25) is 5.02 Å². The first-order chi connectivity index (χ1) is 13.6. The number of ether oxygens (including phenoxy) is 1. The van der Waals surface area contributed by atoms with Crippen molar-refractivity contribution in [1.82, 2.24) is 15.0 Å². The number of aryl methyl sites for hydroxylation is 1. The SMILES string of the molecule is CCc1cc(C(=O)N2CCO[C@H](c3ccc(-c4cccc(Cl)c4)cn3)C2)on1. The predicted octanol–water partition coefficient (Wildman–Crippen LogP) is 4.17. The van der Waals surface area contributed by atoms with Gasteiger partial charge in [0.25, 0.3) is 5.91 Å². The van der Waals surface area contributed by atoms with Gasteiger partial charge in [0.2, 0.25) is 5.76 Å². The normalized spacial score (nSPS) is 16.9. The van der Waals surface area contributed by atoms with Crippen molar-refractivity contribution in [2.45, 2.75) is 19.4 Å². The number of rotatable bonds is 4. The lowest BCUT2D eigenvalue weighted by molar-refractivity contribution is -0.0258. The van der Waals surface area contributed by atoms with Gasteiger partial charge in [0.15, 0.2) is 0 Å². The first-order valence-corrected chi connectivity index (χ1v) is 9.60. The Balaban J connectivity index is 1.47. The molecule has 3 aromatic rings. The average Bonchev–Trinajstić information content (AvgIpc) is 3.23. The molecule has 0 saturated carbocycles.